The summed E-state index contributed by atoms with van der Waals surface area (Å²) in [7, 11) is 1.74. The second-order valence-corrected chi connectivity index (χ2v) is 7.05. The Morgan fingerprint density at radius 1 is 1.16 bits per heavy atom. The van der Waals surface area contributed by atoms with Gasteiger partial charge in [-0.25, -0.2) is 0 Å². The quantitative estimate of drug-likeness (QED) is 0.829. The monoisotopic (exact) mass is 338 g/mol. The lowest BCUT2D eigenvalue weighted by atomic mass is 9.88. The standard InChI is InChI=1S/C22H30N2O/c1-3-4-8-18-16-24(14-13-21(18)23)19-11-12-22(25-2)20(15-19)17-9-6-5-7-10-17/h5-7,9-12,15,18,21H,3-4,8,13-14,16,23H2,1-2H3/t18-,21-/m1/s1. The number of piperidine rings is 1. The van der Waals surface area contributed by atoms with Gasteiger partial charge >= 0.3 is 0 Å². The summed E-state index contributed by atoms with van der Waals surface area (Å²) in [5.74, 6) is 1.52. The molecule has 2 N–H and O–H groups in total. The average molecular weight is 338 g/mol. The number of unbranched alkanes of at least 4 members (excludes halogenated alkanes) is 1. The van der Waals surface area contributed by atoms with Crippen molar-refractivity contribution >= 4 is 5.69 Å². The predicted octanol–water partition coefficient (Wildman–Crippen LogP) is 4.71. The predicted molar refractivity (Wildman–Crippen MR) is 106 cm³/mol. The molecule has 0 amide bonds. The molecule has 2 aromatic carbocycles. The second-order valence-electron chi connectivity index (χ2n) is 7.05. The molecule has 1 heterocycles. The Bertz CT molecular complexity index is 671. The van der Waals surface area contributed by atoms with Crippen LogP contribution < -0.4 is 15.4 Å². The van der Waals surface area contributed by atoms with Crippen LogP contribution in [0.15, 0.2) is 48.5 Å². The number of nitrogens with two attached hydrogens (primary N) is 1. The van der Waals surface area contributed by atoms with Gasteiger partial charge in [-0.05, 0) is 42.5 Å². The Balaban J connectivity index is 1.85. The van der Waals surface area contributed by atoms with Crippen LogP contribution in [0.25, 0.3) is 11.1 Å². The molecule has 25 heavy (non-hydrogen) atoms. The van der Waals surface area contributed by atoms with Gasteiger partial charge in [0.05, 0.1) is 7.11 Å². The highest BCUT2D eigenvalue weighted by Crippen LogP contribution is 2.35. The summed E-state index contributed by atoms with van der Waals surface area (Å²) in [6, 6.07) is 17.3. The Hall–Kier alpha value is -2.00. The average Bonchev–Trinajstić information content (AvgIpc) is 2.67. The molecular formula is C22H30N2O. The van der Waals surface area contributed by atoms with E-state index in [-0.39, 0.29) is 0 Å². The van der Waals surface area contributed by atoms with Crippen LogP contribution in [0.1, 0.15) is 32.6 Å². The molecule has 134 valence electrons. The number of hydrogen-bond donors (Lipinski definition) is 1. The highest BCUT2D eigenvalue weighted by atomic mass is 16.5. The van der Waals surface area contributed by atoms with Gasteiger partial charge in [-0.15, -0.1) is 0 Å². The van der Waals surface area contributed by atoms with E-state index in [1.807, 2.05) is 6.07 Å². The molecule has 1 aliphatic heterocycles. The molecular weight excluding hydrogens is 308 g/mol. The molecule has 2 atom stereocenters. The summed E-state index contributed by atoms with van der Waals surface area (Å²) >= 11 is 0. The molecule has 0 spiro atoms. The van der Waals surface area contributed by atoms with Gasteiger partial charge in [0.15, 0.2) is 0 Å². The first-order valence-electron chi connectivity index (χ1n) is 9.47. The Morgan fingerprint density at radius 2 is 1.96 bits per heavy atom. The lowest BCUT2D eigenvalue weighted by molar-refractivity contribution is 0.330. The molecule has 3 nitrogen and oxygen atoms in total. The molecule has 0 unspecified atom stereocenters. The summed E-state index contributed by atoms with van der Waals surface area (Å²) in [6.45, 7) is 4.34. The Labute approximate surface area is 151 Å². The van der Waals surface area contributed by atoms with Gasteiger partial charge in [0.2, 0.25) is 0 Å². The highest BCUT2D eigenvalue weighted by Gasteiger charge is 2.26. The first kappa shape index (κ1) is 17.8. The van der Waals surface area contributed by atoms with Crippen molar-refractivity contribution < 1.29 is 4.74 Å². The van der Waals surface area contributed by atoms with Crippen LogP contribution in [0.3, 0.4) is 0 Å². The zero-order valence-corrected chi connectivity index (χ0v) is 15.4. The molecule has 2 aromatic rings. The SMILES string of the molecule is CCCC[C@@H]1CN(c2ccc(OC)c(-c3ccccc3)c2)CC[C@H]1N. The first-order valence-corrected chi connectivity index (χ1v) is 9.47. The van der Waals surface area contributed by atoms with Crippen LogP contribution >= 0.6 is 0 Å². The normalized spacial score (nSPS) is 20.5. The van der Waals surface area contributed by atoms with Crippen molar-refractivity contribution in [1.29, 1.82) is 0 Å². The van der Waals surface area contributed by atoms with E-state index in [0.717, 1.165) is 30.8 Å². The summed E-state index contributed by atoms with van der Waals surface area (Å²) in [4.78, 5) is 2.50. The third-order valence-corrected chi connectivity index (χ3v) is 5.35. The van der Waals surface area contributed by atoms with E-state index >= 15 is 0 Å². The lowest BCUT2D eigenvalue weighted by Crippen LogP contribution is -2.47. The van der Waals surface area contributed by atoms with Crippen LogP contribution in [-0.2, 0) is 0 Å². The fraction of sp³-hybridized carbons (Fsp3) is 0.455. The van der Waals surface area contributed by atoms with Gasteiger partial charge in [-0.2, -0.15) is 0 Å². The maximum atomic E-state index is 6.38. The number of hydrogen-bond acceptors (Lipinski definition) is 3. The number of ether oxygens (including phenoxy) is 1. The summed E-state index contributed by atoms with van der Waals surface area (Å²) in [6.07, 6.45) is 4.81. The zero-order chi connectivity index (χ0) is 17.6. The van der Waals surface area contributed by atoms with Crippen molar-refractivity contribution in [2.24, 2.45) is 11.7 Å². The van der Waals surface area contributed by atoms with E-state index in [2.05, 4.69) is 54.3 Å². The molecule has 0 bridgehead atoms. The number of methoxy groups -OCH3 is 1. The van der Waals surface area contributed by atoms with Gasteiger partial charge in [0, 0.05) is 30.4 Å². The fourth-order valence-electron chi connectivity index (χ4n) is 3.79. The van der Waals surface area contributed by atoms with E-state index in [1.165, 1.54) is 30.5 Å². The first-order chi connectivity index (χ1) is 12.2. The fourth-order valence-corrected chi connectivity index (χ4v) is 3.79. The van der Waals surface area contributed by atoms with Gasteiger partial charge in [0.25, 0.3) is 0 Å². The largest absolute Gasteiger partial charge is 0.496 e. The van der Waals surface area contributed by atoms with Crippen molar-refractivity contribution in [3.05, 3.63) is 48.5 Å². The third-order valence-electron chi connectivity index (χ3n) is 5.35. The minimum Gasteiger partial charge on any atom is -0.496 e. The lowest BCUT2D eigenvalue weighted by Gasteiger charge is -2.38. The number of benzene rings is 2. The smallest absolute Gasteiger partial charge is 0.126 e. The van der Waals surface area contributed by atoms with Gasteiger partial charge < -0.3 is 15.4 Å². The van der Waals surface area contributed by atoms with Crippen LogP contribution in [0, 0.1) is 5.92 Å². The maximum absolute atomic E-state index is 6.38. The van der Waals surface area contributed by atoms with Crippen LogP contribution in [0.4, 0.5) is 5.69 Å². The van der Waals surface area contributed by atoms with Crippen molar-refractivity contribution in [2.75, 3.05) is 25.1 Å². The number of nitrogens with zero attached hydrogens (tertiary/aromatic N) is 1. The minimum atomic E-state index is 0.342. The van der Waals surface area contributed by atoms with Gasteiger partial charge in [-0.1, -0.05) is 50.1 Å². The zero-order valence-electron chi connectivity index (χ0n) is 15.4. The maximum Gasteiger partial charge on any atom is 0.126 e. The molecule has 0 aromatic heterocycles. The van der Waals surface area contributed by atoms with Crippen LogP contribution in [-0.4, -0.2) is 26.2 Å². The molecule has 0 radical (unpaired) electrons. The van der Waals surface area contributed by atoms with E-state index in [4.69, 9.17) is 10.5 Å². The van der Waals surface area contributed by atoms with Crippen molar-refractivity contribution in [3.63, 3.8) is 0 Å². The summed E-state index contributed by atoms with van der Waals surface area (Å²) in [5, 5.41) is 0. The summed E-state index contributed by atoms with van der Waals surface area (Å²) < 4.78 is 5.59. The van der Waals surface area contributed by atoms with Gasteiger partial charge in [-0.3, -0.25) is 0 Å². The van der Waals surface area contributed by atoms with E-state index in [1.54, 1.807) is 7.11 Å². The Kier molecular flexibility index (Phi) is 5.98. The van der Waals surface area contributed by atoms with E-state index in [9.17, 15) is 0 Å². The van der Waals surface area contributed by atoms with Crippen molar-refractivity contribution in [3.8, 4) is 16.9 Å². The van der Waals surface area contributed by atoms with E-state index < -0.39 is 0 Å². The number of rotatable bonds is 6. The third kappa shape index (κ3) is 4.16. The molecule has 0 aliphatic carbocycles. The van der Waals surface area contributed by atoms with Crippen LogP contribution in [0.2, 0.25) is 0 Å². The van der Waals surface area contributed by atoms with Crippen LogP contribution in [0.5, 0.6) is 5.75 Å². The molecule has 1 fully saturated rings. The van der Waals surface area contributed by atoms with Gasteiger partial charge in [0.1, 0.15) is 5.75 Å². The topological polar surface area (TPSA) is 38.5 Å². The molecule has 3 heteroatoms. The molecule has 1 saturated heterocycles. The molecule has 3 rings (SSSR count). The minimum absolute atomic E-state index is 0.342. The molecule has 1 aliphatic rings. The number of anilines is 1. The Morgan fingerprint density at radius 3 is 2.68 bits per heavy atom. The summed E-state index contributed by atoms with van der Waals surface area (Å²) in [5.41, 5.74) is 10.00. The highest BCUT2D eigenvalue weighted by molar-refractivity contribution is 5.74. The van der Waals surface area contributed by atoms with Crippen molar-refractivity contribution in [2.45, 2.75) is 38.6 Å². The molecule has 0 saturated carbocycles. The second kappa shape index (κ2) is 8.39. The van der Waals surface area contributed by atoms with E-state index in [0.29, 0.717) is 12.0 Å². The van der Waals surface area contributed by atoms with Crippen molar-refractivity contribution in [1.82, 2.24) is 0 Å².